The van der Waals surface area contributed by atoms with E-state index >= 15 is 0 Å². The summed E-state index contributed by atoms with van der Waals surface area (Å²) in [5.41, 5.74) is 2.85. The van der Waals surface area contributed by atoms with Gasteiger partial charge in [0, 0.05) is 31.1 Å². The highest BCUT2D eigenvalue weighted by Gasteiger charge is 2.21. The largest absolute Gasteiger partial charge is 0.497 e. The number of benzene rings is 1. The number of imidazole rings is 2. The monoisotopic (exact) mass is 319 g/mol. The van der Waals surface area contributed by atoms with Crippen molar-refractivity contribution in [2.45, 2.75) is 12.3 Å². The van der Waals surface area contributed by atoms with E-state index in [2.05, 4.69) is 19.9 Å². The Morgan fingerprint density at radius 1 is 1.12 bits per heavy atom. The van der Waals surface area contributed by atoms with Crippen LogP contribution in [-0.4, -0.2) is 32.0 Å². The van der Waals surface area contributed by atoms with Crippen LogP contribution in [0.15, 0.2) is 55.0 Å². The molecule has 0 fully saturated rings. The fourth-order valence-corrected chi connectivity index (χ4v) is 2.83. The van der Waals surface area contributed by atoms with Gasteiger partial charge in [0.2, 0.25) is 0 Å². The molecule has 0 aliphatic carbocycles. The summed E-state index contributed by atoms with van der Waals surface area (Å²) in [6, 6.07) is 11.8. The van der Waals surface area contributed by atoms with Crippen molar-refractivity contribution in [3.63, 3.8) is 0 Å². The molecule has 4 rings (SSSR count). The number of hydrogen-bond acceptors (Lipinski definition) is 4. The number of aromatic amines is 2. The molecule has 0 spiro atoms. The SMILES string of the molecule is COc1ccnc(C(Cc2ncc[nH]2)c2nc3ccccc3[nH]2)c1. The molecule has 4 aromatic rings. The Labute approximate surface area is 139 Å². The highest BCUT2D eigenvalue weighted by molar-refractivity contribution is 5.75. The maximum Gasteiger partial charge on any atom is 0.122 e. The van der Waals surface area contributed by atoms with Crippen LogP contribution in [0.1, 0.15) is 23.3 Å². The Balaban J connectivity index is 1.79. The van der Waals surface area contributed by atoms with Crippen LogP contribution in [0.4, 0.5) is 0 Å². The second-order valence-electron chi connectivity index (χ2n) is 5.55. The van der Waals surface area contributed by atoms with Crippen LogP contribution in [0.5, 0.6) is 5.75 Å². The molecule has 24 heavy (non-hydrogen) atoms. The summed E-state index contributed by atoms with van der Waals surface area (Å²) in [6.45, 7) is 0. The van der Waals surface area contributed by atoms with Gasteiger partial charge in [-0.2, -0.15) is 0 Å². The van der Waals surface area contributed by atoms with E-state index in [-0.39, 0.29) is 5.92 Å². The molecule has 0 saturated heterocycles. The fourth-order valence-electron chi connectivity index (χ4n) is 2.83. The summed E-state index contributed by atoms with van der Waals surface area (Å²) in [5, 5.41) is 0. The predicted octanol–water partition coefficient (Wildman–Crippen LogP) is 3.06. The van der Waals surface area contributed by atoms with Gasteiger partial charge in [-0.15, -0.1) is 0 Å². The molecule has 1 atom stereocenters. The number of nitrogens with zero attached hydrogens (tertiary/aromatic N) is 3. The Morgan fingerprint density at radius 2 is 2.04 bits per heavy atom. The predicted molar refractivity (Wildman–Crippen MR) is 91.0 cm³/mol. The van der Waals surface area contributed by atoms with Gasteiger partial charge in [-0.1, -0.05) is 12.1 Å². The zero-order chi connectivity index (χ0) is 16.4. The molecule has 0 radical (unpaired) electrons. The minimum Gasteiger partial charge on any atom is -0.497 e. The maximum atomic E-state index is 5.34. The Bertz CT molecular complexity index is 912. The molecule has 3 aromatic heterocycles. The van der Waals surface area contributed by atoms with Crippen LogP contribution in [0.2, 0.25) is 0 Å². The normalized spacial score (nSPS) is 12.4. The molecular weight excluding hydrogens is 302 g/mol. The Kier molecular flexibility index (Phi) is 3.70. The second kappa shape index (κ2) is 6.16. The lowest BCUT2D eigenvalue weighted by atomic mass is 9.99. The van der Waals surface area contributed by atoms with Gasteiger partial charge in [0.25, 0.3) is 0 Å². The number of ether oxygens (including phenoxy) is 1. The lowest BCUT2D eigenvalue weighted by Gasteiger charge is -2.14. The molecule has 3 heterocycles. The number of para-hydroxylation sites is 2. The molecule has 6 nitrogen and oxygen atoms in total. The van der Waals surface area contributed by atoms with Gasteiger partial charge in [0.1, 0.15) is 17.4 Å². The van der Waals surface area contributed by atoms with Crippen molar-refractivity contribution in [2.24, 2.45) is 0 Å². The quantitative estimate of drug-likeness (QED) is 0.592. The van der Waals surface area contributed by atoms with Crippen LogP contribution < -0.4 is 4.74 Å². The number of fused-ring (bicyclic) bond motifs is 1. The molecular formula is C18H17N5O. The van der Waals surface area contributed by atoms with Gasteiger partial charge < -0.3 is 14.7 Å². The van der Waals surface area contributed by atoms with E-state index in [0.717, 1.165) is 34.1 Å². The van der Waals surface area contributed by atoms with Crippen LogP contribution in [0.3, 0.4) is 0 Å². The van der Waals surface area contributed by atoms with Crippen molar-refractivity contribution in [2.75, 3.05) is 7.11 Å². The lowest BCUT2D eigenvalue weighted by Crippen LogP contribution is -2.10. The Hall–Kier alpha value is -3.15. The molecule has 1 unspecified atom stereocenters. The summed E-state index contributed by atoms with van der Waals surface area (Å²) in [5.74, 6) is 2.50. The standard InChI is InChI=1S/C18H17N5O/c1-24-12-6-7-19-16(10-12)13(11-17-20-8-9-21-17)18-22-14-4-2-3-5-15(14)23-18/h2-10,13H,11H2,1H3,(H,20,21)(H,22,23). The molecule has 0 aliphatic heterocycles. The van der Waals surface area contributed by atoms with Crippen molar-refractivity contribution >= 4 is 11.0 Å². The average molecular weight is 319 g/mol. The summed E-state index contributed by atoms with van der Waals surface area (Å²) in [7, 11) is 1.65. The molecule has 0 saturated carbocycles. The highest BCUT2D eigenvalue weighted by Crippen LogP contribution is 2.28. The first-order valence-electron chi connectivity index (χ1n) is 7.76. The van der Waals surface area contributed by atoms with Crippen LogP contribution in [0.25, 0.3) is 11.0 Å². The first-order chi connectivity index (χ1) is 11.8. The van der Waals surface area contributed by atoms with Crippen molar-refractivity contribution < 1.29 is 4.74 Å². The molecule has 2 N–H and O–H groups in total. The minimum absolute atomic E-state index is 0.0429. The zero-order valence-corrected chi connectivity index (χ0v) is 13.2. The van der Waals surface area contributed by atoms with E-state index in [4.69, 9.17) is 9.72 Å². The number of pyridine rings is 1. The third kappa shape index (κ3) is 2.74. The van der Waals surface area contributed by atoms with Gasteiger partial charge in [-0.3, -0.25) is 4.98 Å². The van der Waals surface area contributed by atoms with Crippen molar-refractivity contribution in [1.82, 2.24) is 24.9 Å². The van der Waals surface area contributed by atoms with E-state index in [1.54, 1.807) is 19.5 Å². The number of hydrogen-bond donors (Lipinski definition) is 2. The second-order valence-corrected chi connectivity index (χ2v) is 5.55. The van der Waals surface area contributed by atoms with Crippen LogP contribution in [0, 0.1) is 0 Å². The number of nitrogens with one attached hydrogen (secondary N) is 2. The molecule has 120 valence electrons. The van der Waals surface area contributed by atoms with Gasteiger partial charge >= 0.3 is 0 Å². The number of H-pyrrole nitrogens is 2. The van der Waals surface area contributed by atoms with E-state index < -0.39 is 0 Å². The van der Waals surface area contributed by atoms with Crippen LogP contribution >= 0.6 is 0 Å². The van der Waals surface area contributed by atoms with Crippen molar-refractivity contribution in [3.8, 4) is 5.75 Å². The zero-order valence-electron chi connectivity index (χ0n) is 13.2. The molecule has 0 aliphatic rings. The van der Waals surface area contributed by atoms with Crippen molar-refractivity contribution in [3.05, 3.63) is 72.3 Å². The topological polar surface area (TPSA) is 79.5 Å². The number of methoxy groups -OCH3 is 1. The van der Waals surface area contributed by atoms with Crippen molar-refractivity contribution in [1.29, 1.82) is 0 Å². The van der Waals surface area contributed by atoms with E-state index in [0.29, 0.717) is 6.42 Å². The first kappa shape index (κ1) is 14.4. The third-order valence-corrected chi connectivity index (χ3v) is 4.04. The molecule has 0 bridgehead atoms. The van der Waals surface area contributed by atoms with Gasteiger partial charge in [-0.25, -0.2) is 9.97 Å². The molecule has 6 heteroatoms. The summed E-state index contributed by atoms with van der Waals surface area (Å²) < 4.78 is 5.34. The summed E-state index contributed by atoms with van der Waals surface area (Å²) in [6.07, 6.45) is 6.01. The smallest absolute Gasteiger partial charge is 0.122 e. The minimum atomic E-state index is -0.0429. The summed E-state index contributed by atoms with van der Waals surface area (Å²) >= 11 is 0. The summed E-state index contributed by atoms with van der Waals surface area (Å²) in [4.78, 5) is 20.2. The van der Waals surface area contributed by atoms with Gasteiger partial charge in [0.15, 0.2) is 0 Å². The fraction of sp³-hybridized carbons (Fsp3) is 0.167. The van der Waals surface area contributed by atoms with E-state index in [1.807, 2.05) is 42.6 Å². The number of aromatic nitrogens is 5. The average Bonchev–Trinajstić information content (AvgIpc) is 3.28. The van der Waals surface area contributed by atoms with Crippen LogP contribution in [-0.2, 0) is 6.42 Å². The maximum absolute atomic E-state index is 5.34. The van der Waals surface area contributed by atoms with Gasteiger partial charge in [0.05, 0.1) is 29.8 Å². The molecule has 0 amide bonds. The van der Waals surface area contributed by atoms with E-state index in [1.165, 1.54) is 0 Å². The molecule has 1 aromatic carbocycles. The highest BCUT2D eigenvalue weighted by atomic mass is 16.5. The van der Waals surface area contributed by atoms with E-state index in [9.17, 15) is 0 Å². The lowest BCUT2D eigenvalue weighted by molar-refractivity contribution is 0.413. The third-order valence-electron chi connectivity index (χ3n) is 4.04. The van der Waals surface area contributed by atoms with Gasteiger partial charge in [-0.05, 0) is 18.2 Å². The first-order valence-corrected chi connectivity index (χ1v) is 7.76. The number of rotatable bonds is 5. The Morgan fingerprint density at radius 3 is 2.83 bits per heavy atom.